The molecule has 1 fully saturated rings. The number of rotatable bonds is 3. The maximum Gasteiger partial charge on any atom is 0.208 e. The largest absolute Gasteiger partial charge is 0.497 e. The Bertz CT molecular complexity index is 554. The third-order valence-electron chi connectivity index (χ3n) is 3.25. The fraction of sp³-hybridized carbons (Fsp3) is 0.385. The van der Waals surface area contributed by atoms with Crippen LogP contribution in [0, 0.1) is 0 Å². The summed E-state index contributed by atoms with van der Waals surface area (Å²) >= 11 is 1.61. The molecule has 2 N–H and O–H groups in total. The van der Waals surface area contributed by atoms with Gasteiger partial charge in [-0.15, -0.1) is 10.2 Å². The molecule has 1 aliphatic rings. The first-order valence-electron chi connectivity index (χ1n) is 6.25. The Balaban J connectivity index is 1.80. The van der Waals surface area contributed by atoms with Gasteiger partial charge in [-0.2, -0.15) is 0 Å². The summed E-state index contributed by atoms with van der Waals surface area (Å²) in [5.74, 6) is 0.846. The van der Waals surface area contributed by atoms with E-state index in [0.717, 1.165) is 41.0 Å². The molecule has 6 heteroatoms. The van der Waals surface area contributed by atoms with E-state index in [0.29, 0.717) is 0 Å². The molecule has 2 aromatic rings. The van der Waals surface area contributed by atoms with Crippen LogP contribution in [0.5, 0.6) is 5.75 Å². The van der Waals surface area contributed by atoms with Gasteiger partial charge >= 0.3 is 0 Å². The molecule has 1 saturated heterocycles. The number of nitrogens with two attached hydrogens (primary N) is 1. The van der Waals surface area contributed by atoms with E-state index in [-0.39, 0.29) is 6.04 Å². The lowest BCUT2D eigenvalue weighted by Gasteiger charge is -2.11. The Kier molecular flexibility index (Phi) is 3.35. The molecule has 0 spiro atoms. The van der Waals surface area contributed by atoms with Crippen LogP contribution in [-0.2, 0) is 0 Å². The van der Waals surface area contributed by atoms with Crippen molar-refractivity contribution >= 4 is 16.5 Å². The van der Waals surface area contributed by atoms with Crippen molar-refractivity contribution in [2.45, 2.75) is 12.5 Å². The standard InChI is InChI=1S/C13H16N4OS/c1-18-11-4-2-9(3-5-11)12-15-16-13(19-12)17-7-6-10(14)8-17/h2-5,10H,6-8,14H2,1H3. The van der Waals surface area contributed by atoms with Crippen molar-refractivity contribution in [3.63, 3.8) is 0 Å². The minimum atomic E-state index is 0.258. The van der Waals surface area contributed by atoms with Crippen molar-refractivity contribution in [2.75, 3.05) is 25.1 Å². The molecule has 0 radical (unpaired) electrons. The van der Waals surface area contributed by atoms with E-state index in [9.17, 15) is 0 Å². The Morgan fingerprint density at radius 3 is 2.74 bits per heavy atom. The summed E-state index contributed by atoms with van der Waals surface area (Å²) in [5.41, 5.74) is 6.98. The van der Waals surface area contributed by atoms with Crippen LogP contribution in [-0.4, -0.2) is 36.4 Å². The topological polar surface area (TPSA) is 64.3 Å². The third kappa shape index (κ3) is 2.54. The van der Waals surface area contributed by atoms with Gasteiger partial charge in [0.2, 0.25) is 5.13 Å². The number of ether oxygens (including phenoxy) is 1. The zero-order valence-corrected chi connectivity index (χ0v) is 11.6. The van der Waals surface area contributed by atoms with Gasteiger partial charge in [-0.25, -0.2) is 0 Å². The molecule has 1 unspecified atom stereocenters. The van der Waals surface area contributed by atoms with Crippen molar-refractivity contribution in [3.8, 4) is 16.3 Å². The summed E-state index contributed by atoms with van der Waals surface area (Å²) in [7, 11) is 1.66. The number of anilines is 1. The summed E-state index contributed by atoms with van der Waals surface area (Å²) in [4.78, 5) is 2.20. The van der Waals surface area contributed by atoms with Gasteiger partial charge in [0.05, 0.1) is 7.11 Å². The van der Waals surface area contributed by atoms with Gasteiger partial charge in [0.15, 0.2) is 0 Å². The fourth-order valence-electron chi connectivity index (χ4n) is 2.15. The van der Waals surface area contributed by atoms with Crippen molar-refractivity contribution in [1.29, 1.82) is 0 Å². The second-order valence-corrected chi connectivity index (χ2v) is 5.57. The van der Waals surface area contributed by atoms with Crippen LogP contribution in [0.25, 0.3) is 10.6 Å². The van der Waals surface area contributed by atoms with Gasteiger partial charge in [0.1, 0.15) is 10.8 Å². The number of nitrogens with zero attached hydrogens (tertiary/aromatic N) is 3. The van der Waals surface area contributed by atoms with E-state index < -0.39 is 0 Å². The normalized spacial score (nSPS) is 18.8. The molecule has 1 aliphatic heterocycles. The molecule has 0 bridgehead atoms. The maximum absolute atomic E-state index is 5.91. The van der Waals surface area contributed by atoms with Crippen LogP contribution < -0.4 is 15.4 Å². The molecule has 5 nitrogen and oxygen atoms in total. The van der Waals surface area contributed by atoms with E-state index in [2.05, 4.69) is 15.1 Å². The summed E-state index contributed by atoms with van der Waals surface area (Å²) in [5, 5.41) is 10.4. The van der Waals surface area contributed by atoms with Crippen molar-refractivity contribution in [1.82, 2.24) is 10.2 Å². The number of hydrogen-bond acceptors (Lipinski definition) is 6. The highest BCUT2D eigenvalue weighted by molar-refractivity contribution is 7.18. The quantitative estimate of drug-likeness (QED) is 0.925. The lowest BCUT2D eigenvalue weighted by Crippen LogP contribution is -2.26. The molecule has 3 rings (SSSR count). The Morgan fingerprint density at radius 2 is 2.11 bits per heavy atom. The molecule has 1 atom stereocenters. The summed E-state index contributed by atoms with van der Waals surface area (Å²) in [6.07, 6.45) is 1.03. The van der Waals surface area contributed by atoms with E-state index in [1.165, 1.54) is 0 Å². The SMILES string of the molecule is COc1ccc(-c2nnc(N3CCC(N)C3)s2)cc1. The van der Waals surface area contributed by atoms with Gasteiger partial charge in [-0.3, -0.25) is 0 Å². The molecular formula is C13H16N4OS. The first kappa shape index (κ1) is 12.4. The second kappa shape index (κ2) is 5.14. The highest BCUT2D eigenvalue weighted by Crippen LogP contribution is 2.31. The Hall–Kier alpha value is -1.66. The number of methoxy groups -OCH3 is 1. The van der Waals surface area contributed by atoms with E-state index in [4.69, 9.17) is 10.5 Å². The lowest BCUT2D eigenvalue weighted by atomic mass is 10.2. The average molecular weight is 276 g/mol. The van der Waals surface area contributed by atoms with Crippen LogP contribution in [0.1, 0.15) is 6.42 Å². The average Bonchev–Trinajstić information content (AvgIpc) is 3.07. The summed E-state index contributed by atoms with van der Waals surface area (Å²) < 4.78 is 5.15. The van der Waals surface area contributed by atoms with Gasteiger partial charge in [0, 0.05) is 24.7 Å². The molecule has 0 aliphatic carbocycles. The molecule has 0 amide bonds. The van der Waals surface area contributed by atoms with E-state index >= 15 is 0 Å². The molecular weight excluding hydrogens is 260 g/mol. The van der Waals surface area contributed by atoms with Gasteiger partial charge in [-0.05, 0) is 30.7 Å². The fourth-order valence-corrected chi connectivity index (χ4v) is 3.04. The van der Waals surface area contributed by atoms with Crippen LogP contribution in [0.15, 0.2) is 24.3 Å². The van der Waals surface area contributed by atoms with Crippen LogP contribution in [0.4, 0.5) is 5.13 Å². The molecule has 1 aromatic carbocycles. The molecule has 19 heavy (non-hydrogen) atoms. The molecule has 2 heterocycles. The molecule has 100 valence electrons. The summed E-state index contributed by atoms with van der Waals surface area (Å²) in [6, 6.07) is 8.12. The molecule has 1 aromatic heterocycles. The monoisotopic (exact) mass is 276 g/mol. The smallest absolute Gasteiger partial charge is 0.208 e. The predicted octanol–water partition coefficient (Wildman–Crippen LogP) is 1.75. The lowest BCUT2D eigenvalue weighted by molar-refractivity contribution is 0.415. The van der Waals surface area contributed by atoms with Crippen molar-refractivity contribution < 1.29 is 4.74 Å². The van der Waals surface area contributed by atoms with Crippen molar-refractivity contribution in [3.05, 3.63) is 24.3 Å². The van der Waals surface area contributed by atoms with Crippen LogP contribution >= 0.6 is 11.3 Å². The Labute approximate surface area is 116 Å². The highest BCUT2D eigenvalue weighted by Gasteiger charge is 2.22. The number of hydrogen-bond donors (Lipinski definition) is 1. The minimum Gasteiger partial charge on any atom is -0.497 e. The summed E-state index contributed by atoms with van der Waals surface area (Å²) in [6.45, 7) is 1.84. The van der Waals surface area contributed by atoms with Gasteiger partial charge in [0.25, 0.3) is 0 Å². The molecule has 0 saturated carbocycles. The van der Waals surface area contributed by atoms with E-state index in [1.54, 1.807) is 18.4 Å². The maximum atomic E-state index is 5.91. The minimum absolute atomic E-state index is 0.258. The zero-order chi connectivity index (χ0) is 13.2. The van der Waals surface area contributed by atoms with Gasteiger partial charge in [-0.1, -0.05) is 11.3 Å². The van der Waals surface area contributed by atoms with Gasteiger partial charge < -0.3 is 15.4 Å². The van der Waals surface area contributed by atoms with Crippen molar-refractivity contribution in [2.24, 2.45) is 5.73 Å². The Morgan fingerprint density at radius 1 is 1.32 bits per heavy atom. The third-order valence-corrected chi connectivity index (χ3v) is 4.28. The predicted molar refractivity (Wildman–Crippen MR) is 76.7 cm³/mol. The van der Waals surface area contributed by atoms with E-state index in [1.807, 2.05) is 24.3 Å². The first-order valence-corrected chi connectivity index (χ1v) is 7.06. The second-order valence-electron chi connectivity index (χ2n) is 4.61. The highest BCUT2D eigenvalue weighted by atomic mass is 32.1. The number of benzene rings is 1. The first-order chi connectivity index (χ1) is 9.26. The zero-order valence-electron chi connectivity index (χ0n) is 10.7. The van der Waals surface area contributed by atoms with Crippen LogP contribution in [0.3, 0.4) is 0 Å². The number of aromatic nitrogens is 2. The van der Waals surface area contributed by atoms with Crippen LogP contribution in [0.2, 0.25) is 0 Å².